The molecule has 0 saturated heterocycles. The molecule has 1 N–H and O–H groups in total. The van der Waals surface area contributed by atoms with E-state index in [1.165, 1.54) is 31.4 Å². The van der Waals surface area contributed by atoms with E-state index in [0.717, 1.165) is 4.90 Å². The Hall–Kier alpha value is -2.86. The smallest absolute Gasteiger partial charge is 0.278 e. The first-order valence-electron chi connectivity index (χ1n) is 7.93. The third-order valence-corrected chi connectivity index (χ3v) is 4.33. The van der Waals surface area contributed by atoms with Gasteiger partial charge in [-0.15, -0.1) is 0 Å². The van der Waals surface area contributed by atoms with Gasteiger partial charge >= 0.3 is 0 Å². The fraction of sp³-hybridized carbons (Fsp3) is 0.158. The summed E-state index contributed by atoms with van der Waals surface area (Å²) in [6.45, 7) is 1.95. The lowest BCUT2D eigenvalue weighted by Crippen LogP contribution is -2.32. The molecule has 2 aromatic rings. The monoisotopic (exact) mass is 374 g/mol. The zero-order valence-electron chi connectivity index (χ0n) is 14.2. The minimum Gasteiger partial charge on any atom is -0.495 e. The van der Waals surface area contributed by atoms with Crippen molar-refractivity contribution in [3.8, 4) is 5.75 Å². The van der Waals surface area contributed by atoms with E-state index >= 15 is 0 Å². The average Bonchev–Trinajstić information content (AvgIpc) is 2.86. The molecule has 1 heterocycles. The van der Waals surface area contributed by atoms with Crippen LogP contribution in [0.15, 0.2) is 48.2 Å². The molecular formula is C19H16ClFN2O3. The molecule has 0 saturated carbocycles. The topological polar surface area (TPSA) is 58.6 Å². The van der Waals surface area contributed by atoms with Gasteiger partial charge in [0, 0.05) is 12.2 Å². The Morgan fingerprint density at radius 2 is 1.81 bits per heavy atom. The van der Waals surface area contributed by atoms with Crippen LogP contribution in [0.1, 0.15) is 12.5 Å². The van der Waals surface area contributed by atoms with E-state index in [9.17, 15) is 14.0 Å². The number of anilines is 1. The number of methoxy groups -OCH3 is 1. The fourth-order valence-electron chi connectivity index (χ4n) is 2.75. The predicted octanol–water partition coefficient (Wildman–Crippen LogP) is 3.70. The van der Waals surface area contributed by atoms with E-state index in [4.69, 9.17) is 16.3 Å². The highest BCUT2D eigenvalue weighted by molar-refractivity contribution is 6.36. The van der Waals surface area contributed by atoms with Gasteiger partial charge in [0.1, 0.15) is 17.3 Å². The van der Waals surface area contributed by atoms with Gasteiger partial charge in [-0.25, -0.2) is 4.39 Å². The number of ether oxygens (including phenoxy) is 1. The normalized spacial score (nSPS) is 14.2. The van der Waals surface area contributed by atoms with Crippen LogP contribution in [0, 0.1) is 5.82 Å². The molecule has 134 valence electrons. The molecule has 7 heteroatoms. The molecular weight excluding hydrogens is 359 g/mol. The summed E-state index contributed by atoms with van der Waals surface area (Å²) in [4.78, 5) is 26.5. The van der Waals surface area contributed by atoms with Gasteiger partial charge < -0.3 is 10.1 Å². The molecule has 2 aromatic carbocycles. The van der Waals surface area contributed by atoms with E-state index in [1.807, 2.05) is 0 Å². The second-order valence-corrected chi connectivity index (χ2v) is 5.99. The van der Waals surface area contributed by atoms with Gasteiger partial charge in [0.05, 0.1) is 17.7 Å². The predicted molar refractivity (Wildman–Crippen MR) is 97.3 cm³/mol. The molecule has 0 atom stereocenters. The third kappa shape index (κ3) is 3.15. The molecule has 0 aromatic heterocycles. The Balaban J connectivity index is 2.06. The van der Waals surface area contributed by atoms with E-state index in [2.05, 4.69) is 5.32 Å². The highest BCUT2D eigenvalue weighted by Gasteiger charge is 2.38. The minimum atomic E-state index is -0.441. The maximum Gasteiger partial charge on any atom is 0.278 e. The summed E-state index contributed by atoms with van der Waals surface area (Å²) in [6.07, 6.45) is 0. The average molecular weight is 375 g/mol. The van der Waals surface area contributed by atoms with E-state index < -0.39 is 17.6 Å². The Morgan fingerprint density at radius 1 is 1.12 bits per heavy atom. The van der Waals surface area contributed by atoms with Gasteiger partial charge in [0.25, 0.3) is 11.8 Å². The molecule has 5 nitrogen and oxygen atoms in total. The van der Waals surface area contributed by atoms with Gasteiger partial charge in [-0.05, 0) is 42.8 Å². The number of amides is 2. The van der Waals surface area contributed by atoms with Crippen molar-refractivity contribution in [2.24, 2.45) is 0 Å². The lowest BCUT2D eigenvalue weighted by atomic mass is 10.0. The van der Waals surface area contributed by atoms with Gasteiger partial charge in [0.15, 0.2) is 0 Å². The van der Waals surface area contributed by atoms with Gasteiger partial charge in [0.2, 0.25) is 0 Å². The van der Waals surface area contributed by atoms with Crippen LogP contribution < -0.4 is 10.1 Å². The lowest BCUT2D eigenvalue weighted by molar-refractivity contribution is -0.136. The fourth-order valence-corrected chi connectivity index (χ4v) is 3.01. The van der Waals surface area contributed by atoms with Crippen LogP contribution in [-0.2, 0) is 9.59 Å². The van der Waals surface area contributed by atoms with E-state index in [-0.39, 0.29) is 17.8 Å². The number of imide groups is 1. The Kier molecular flexibility index (Phi) is 4.95. The number of benzene rings is 2. The first kappa shape index (κ1) is 17.9. The van der Waals surface area contributed by atoms with Crippen LogP contribution in [0.4, 0.5) is 10.1 Å². The number of carbonyl (C=O) groups is 2. The van der Waals surface area contributed by atoms with Crippen molar-refractivity contribution in [1.29, 1.82) is 0 Å². The highest BCUT2D eigenvalue weighted by atomic mass is 35.5. The van der Waals surface area contributed by atoms with Crippen molar-refractivity contribution < 1.29 is 18.7 Å². The summed E-state index contributed by atoms with van der Waals surface area (Å²) in [5.74, 6) is -0.793. The second kappa shape index (κ2) is 7.17. The Labute approximate surface area is 155 Å². The first-order chi connectivity index (χ1) is 12.5. The first-order valence-corrected chi connectivity index (χ1v) is 8.31. The zero-order valence-corrected chi connectivity index (χ0v) is 14.9. The number of rotatable bonds is 5. The van der Waals surface area contributed by atoms with Gasteiger partial charge in [-0.3, -0.25) is 14.5 Å². The van der Waals surface area contributed by atoms with Gasteiger partial charge in [-0.2, -0.15) is 0 Å². The highest BCUT2D eigenvalue weighted by Crippen LogP contribution is 2.32. The number of halogens is 2. The Morgan fingerprint density at radius 3 is 2.38 bits per heavy atom. The lowest BCUT2D eigenvalue weighted by Gasteiger charge is -2.12. The van der Waals surface area contributed by atoms with Crippen molar-refractivity contribution in [3.05, 3.63) is 64.6 Å². The Bertz CT molecular complexity index is 910. The molecule has 0 spiro atoms. The van der Waals surface area contributed by atoms with Crippen LogP contribution in [-0.4, -0.2) is 30.4 Å². The molecule has 1 aliphatic heterocycles. The van der Waals surface area contributed by atoms with Gasteiger partial charge in [-0.1, -0.05) is 23.7 Å². The number of nitrogens with one attached hydrogen (secondary N) is 1. The van der Waals surface area contributed by atoms with Crippen LogP contribution in [0.25, 0.3) is 5.57 Å². The molecule has 0 bridgehead atoms. The summed E-state index contributed by atoms with van der Waals surface area (Å²) in [6, 6.07) is 10.4. The molecule has 26 heavy (non-hydrogen) atoms. The molecule has 0 fully saturated rings. The van der Waals surface area contributed by atoms with Crippen molar-refractivity contribution >= 4 is 34.7 Å². The summed E-state index contributed by atoms with van der Waals surface area (Å²) in [5, 5.41) is 3.34. The van der Waals surface area contributed by atoms with Crippen molar-refractivity contribution in [2.75, 3.05) is 19.0 Å². The molecule has 3 rings (SSSR count). The standard InChI is InChI=1S/C19H16ClFN2O3/c1-3-23-18(24)16(11-4-6-12(21)7-5-11)17(19(23)25)22-13-8-9-15(26-2)14(20)10-13/h4-10,22H,3H2,1-2H3. The third-order valence-electron chi connectivity index (χ3n) is 4.04. The summed E-state index contributed by atoms with van der Waals surface area (Å²) < 4.78 is 18.3. The number of hydrogen-bond donors (Lipinski definition) is 1. The second-order valence-electron chi connectivity index (χ2n) is 5.59. The summed E-state index contributed by atoms with van der Waals surface area (Å²) in [7, 11) is 1.50. The van der Waals surface area contributed by atoms with E-state index in [1.54, 1.807) is 25.1 Å². The molecule has 0 radical (unpaired) electrons. The number of hydrogen-bond acceptors (Lipinski definition) is 4. The number of likely N-dealkylation sites (N-methyl/N-ethyl adjacent to an activating group) is 1. The molecule has 0 unspecified atom stereocenters. The van der Waals surface area contributed by atoms with Crippen molar-refractivity contribution in [2.45, 2.75) is 6.92 Å². The van der Waals surface area contributed by atoms with Crippen molar-refractivity contribution in [3.63, 3.8) is 0 Å². The zero-order chi connectivity index (χ0) is 18.8. The van der Waals surface area contributed by atoms with Crippen LogP contribution >= 0.6 is 11.6 Å². The largest absolute Gasteiger partial charge is 0.495 e. The molecule has 1 aliphatic rings. The maximum absolute atomic E-state index is 13.2. The molecule has 0 aliphatic carbocycles. The number of carbonyl (C=O) groups excluding carboxylic acids is 2. The van der Waals surface area contributed by atoms with Crippen LogP contribution in [0.5, 0.6) is 5.75 Å². The molecule has 2 amide bonds. The number of nitrogens with zero attached hydrogens (tertiary/aromatic N) is 1. The maximum atomic E-state index is 13.2. The van der Waals surface area contributed by atoms with Crippen LogP contribution in [0.3, 0.4) is 0 Å². The van der Waals surface area contributed by atoms with E-state index in [0.29, 0.717) is 22.0 Å². The quantitative estimate of drug-likeness (QED) is 0.811. The van der Waals surface area contributed by atoms with Crippen molar-refractivity contribution in [1.82, 2.24) is 4.90 Å². The SMILES string of the molecule is CCN1C(=O)C(Nc2ccc(OC)c(Cl)c2)=C(c2ccc(F)cc2)C1=O. The summed E-state index contributed by atoms with van der Waals surface area (Å²) >= 11 is 6.12. The minimum absolute atomic E-state index is 0.129. The summed E-state index contributed by atoms with van der Waals surface area (Å²) in [5.41, 5.74) is 1.32. The van der Waals surface area contributed by atoms with Crippen LogP contribution in [0.2, 0.25) is 5.02 Å².